The minimum Gasteiger partial charge on any atom is -0.363 e. The molecule has 1 N–H and O–H groups in total. The van der Waals surface area contributed by atoms with Gasteiger partial charge in [-0.3, -0.25) is 0 Å². The van der Waals surface area contributed by atoms with E-state index in [9.17, 15) is 8.78 Å². The highest BCUT2D eigenvalue weighted by Gasteiger charge is 2.35. The maximum Gasteiger partial charge on any atom is 0.146 e. The lowest BCUT2D eigenvalue weighted by Gasteiger charge is -2.40. The number of fused-ring (bicyclic) bond motifs is 1. The van der Waals surface area contributed by atoms with E-state index in [1.54, 1.807) is 0 Å². The van der Waals surface area contributed by atoms with Gasteiger partial charge >= 0.3 is 0 Å². The predicted molar refractivity (Wildman–Crippen MR) is 63.1 cm³/mol. The summed E-state index contributed by atoms with van der Waals surface area (Å²) in [6.45, 7) is 1.60. The van der Waals surface area contributed by atoms with Crippen LogP contribution in [0.25, 0.3) is 0 Å². The van der Waals surface area contributed by atoms with E-state index in [0.717, 1.165) is 32.4 Å². The molecule has 1 heterocycles. The summed E-state index contributed by atoms with van der Waals surface area (Å²) >= 11 is 0. The van der Waals surface area contributed by atoms with E-state index in [2.05, 4.69) is 5.32 Å². The summed E-state index contributed by atoms with van der Waals surface area (Å²) in [6.07, 6.45) is 3.36. The fourth-order valence-electron chi connectivity index (χ4n) is 3.09. The van der Waals surface area contributed by atoms with Crippen LogP contribution in [0.15, 0.2) is 18.2 Å². The molecule has 4 heteroatoms. The normalized spacial score (nSPS) is 28.2. The van der Waals surface area contributed by atoms with Gasteiger partial charge in [-0.15, -0.1) is 0 Å². The van der Waals surface area contributed by atoms with Crippen LogP contribution in [-0.4, -0.2) is 25.2 Å². The Morgan fingerprint density at radius 3 is 3.00 bits per heavy atom. The van der Waals surface area contributed by atoms with Gasteiger partial charge in [-0.05, 0) is 31.4 Å². The molecule has 2 aliphatic rings. The number of nitrogens with zero attached hydrogens (tertiary/aromatic N) is 1. The van der Waals surface area contributed by atoms with Crippen LogP contribution in [0.5, 0.6) is 0 Å². The van der Waals surface area contributed by atoms with Crippen molar-refractivity contribution in [2.75, 3.05) is 18.0 Å². The van der Waals surface area contributed by atoms with Crippen LogP contribution < -0.4 is 10.2 Å². The second kappa shape index (κ2) is 4.26. The lowest BCUT2D eigenvalue weighted by Crippen LogP contribution is -2.55. The number of nitrogens with one attached hydrogen (secondary N) is 1. The van der Waals surface area contributed by atoms with Crippen molar-refractivity contribution in [2.45, 2.75) is 31.3 Å². The molecule has 1 aromatic rings. The number of benzene rings is 1. The molecular formula is C13H16F2N2. The van der Waals surface area contributed by atoms with Crippen LogP contribution in [0.4, 0.5) is 14.5 Å². The zero-order valence-electron chi connectivity index (χ0n) is 9.63. The fraction of sp³-hybridized carbons (Fsp3) is 0.538. The smallest absolute Gasteiger partial charge is 0.146 e. The van der Waals surface area contributed by atoms with E-state index in [0.29, 0.717) is 17.8 Å². The monoisotopic (exact) mass is 238 g/mol. The Bertz CT molecular complexity index is 422. The quantitative estimate of drug-likeness (QED) is 0.807. The average Bonchev–Trinajstić information content (AvgIpc) is 2.80. The first kappa shape index (κ1) is 11.0. The van der Waals surface area contributed by atoms with Crippen LogP contribution in [0.1, 0.15) is 19.3 Å². The Balaban J connectivity index is 1.94. The summed E-state index contributed by atoms with van der Waals surface area (Å²) in [5, 5.41) is 3.46. The molecule has 3 rings (SSSR count). The van der Waals surface area contributed by atoms with E-state index >= 15 is 0 Å². The Kier molecular flexibility index (Phi) is 2.74. The van der Waals surface area contributed by atoms with E-state index in [1.165, 1.54) is 18.2 Å². The van der Waals surface area contributed by atoms with Crippen molar-refractivity contribution in [3.8, 4) is 0 Å². The van der Waals surface area contributed by atoms with Gasteiger partial charge in [0.05, 0.1) is 5.69 Å². The molecule has 0 amide bonds. The van der Waals surface area contributed by atoms with Gasteiger partial charge in [-0.25, -0.2) is 8.78 Å². The van der Waals surface area contributed by atoms with Gasteiger partial charge in [0.15, 0.2) is 0 Å². The summed E-state index contributed by atoms with van der Waals surface area (Å²) in [6, 6.07) is 4.46. The zero-order valence-corrected chi connectivity index (χ0v) is 9.63. The molecule has 0 unspecified atom stereocenters. The van der Waals surface area contributed by atoms with E-state index < -0.39 is 0 Å². The maximum absolute atomic E-state index is 13.8. The van der Waals surface area contributed by atoms with Crippen molar-refractivity contribution in [1.29, 1.82) is 0 Å². The Labute approximate surface area is 99.6 Å². The number of halogens is 2. The number of rotatable bonds is 1. The summed E-state index contributed by atoms with van der Waals surface area (Å²) < 4.78 is 27.0. The number of piperazine rings is 1. The van der Waals surface area contributed by atoms with Crippen molar-refractivity contribution in [3.05, 3.63) is 29.8 Å². The highest BCUT2D eigenvalue weighted by Crippen LogP contribution is 2.32. The van der Waals surface area contributed by atoms with Crippen molar-refractivity contribution < 1.29 is 8.78 Å². The summed E-state index contributed by atoms with van der Waals surface area (Å²) in [7, 11) is 0. The minimum atomic E-state index is -0.366. The van der Waals surface area contributed by atoms with Gasteiger partial charge in [-0.2, -0.15) is 0 Å². The fourth-order valence-corrected chi connectivity index (χ4v) is 3.09. The second-order valence-electron chi connectivity index (χ2n) is 4.85. The minimum absolute atomic E-state index is 0.319. The zero-order chi connectivity index (χ0) is 11.8. The third kappa shape index (κ3) is 1.90. The number of hydrogen-bond donors (Lipinski definition) is 1. The van der Waals surface area contributed by atoms with Crippen LogP contribution in [0.2, 0.25) is 0 Å². The van der Waals surface area contributed by atoms with E-state index in [1.807, 2.05) is 4.90 Å². The third-order valence-corrected chi connectivity index (χ3v) is 3.86. The van der Waals surface area contributed by atoms with Crippen LogP contribution in [0.3, 0.4) is 0 Å². The van der Waals surface area contributed by atoms with Crippen LogP contribution in [0, 0.1) is 11.6 Å². The van der Waals surface area contributed by atoms with Crippen molar-refractivity contribution >= 4 is 5.69 Å². The van der Waals surface area contributed by atoms with Gasteiger partial charge in [0.2, 0.25) is 0 Å². The molecule has 1 aromatic carbocycles. The summed E-state index contributed by atoms with van der Waals surface area (Å²) in [4.78, 5) is 2.03. The number of anilines is 1. The Hall–Kier alpha value is -1.16. The number of hydrogen-bond acceptors (Lipinski definition) is 2. The molecule has 0 spiro atoms. The third-order valence-electron chi connectivity index (χ3n) is 3.86. The molecule has 0 aromatic heterocycles. The Morgan fingerprint density at radius 2 is 2.12 bits per heavy atom. The Morgan fingerprint density at radius 1 is 1.24 bits per heavy atom. The molecule has 1 saturated heterocycles. The summed E-state index contributed by atoms with van der Waals surface area (Å²) in [5.41, 5.74) is 0.420. The molecule has 0 bridgehead atoms. The van der Waals surface area contributed by atoms with Crippen LogP contribution in [-0.2, 0) is 0 Å². The largest absolute Gasteiger partial charge is 0.363 e. The van der Waals surface area contributed by atoms with Gasteiger partial charge in [0, 0.05) is 31.2 Å². The molecule has 2 fully saturated rings. The van der Waals surface area contributed by atoms with Gasteiger partial charge in [0.25, 0.3) is 0 Å². The molecule has 17 heavy (non-hydrogen) atoms. The van der Waals surface area contributed by atoms with Gasteiger partial charge in [0.1, 0.15) is 11.6 Å². The maximum atomic E-state index is 13.8. The molecule has 0 radical (unpaired) electrons. The van der Waals surface area contributed by atoms with Crippen molar-refractivity contribution in [3.63, 3.8) is 0 Å². The average molecular weight is 238 g/mol. The SMILES string of the molecule is Fc1ccc(F)c(N2CCN[C@@H]3CCC[C@H]32)c1. The lowest BCUT2D eigenvalue weighted by atomic mass is 10.1. The second-order valence-corrected chi connectivity index (χ2v) is 4.85. The standard InChI is InChI=1S/C13H16F2N2/c14-9-4-5-10(15)13(8-9)17-7-6-16-11-2-1-3-12(11)17/h4-5,8,11-12,16H,1-3,6-7H2/t11-,12-/m1/s1. The first-order chi connectivity index (χ1) is 8.25. The molecule has 1 aliphatic heterocycles. The van der Waals surface area contributed by atoms with E-state index in [-0.39, 0.29) is 11.6 Å². The van der Waals surface area contributed by atoms with Crippen LogP contribution >= 0.6 is 0 Å². The van der Waals surface area contributed by atoms with Crippen molar-refractivity contribution in [1.82, 2.24) is 5.32 Å². The van der Waals surface area contributed by atoms with Gasteiger partial charge in [-0.1, -0.05) is 0 Å². The molecule has 92 valence electrons. The highest BCUT2D eigenvalue weighted by molar-refractivity contribution is 5.50. The first-order valence-corrected chi connectivity index (χ1v) is 6.21. The predicted octanol–water partition coefficient (Wildman–Crippen LogP) is 2.30. The summed E-state index contributed by atoms with van der Waals surface area (Å²) in [5.74, 6) is -0.687. The molecular weight excluding hydrogens is 222 g/mol. The highest BCUT2D eigenvalue weighted by atomic mass is 19.1. The molecule has 2 atom stereocenters. The van der Waals surface area contributed by atoms with Gasteiger partial charge < -0.3 is 10.2 Å². The molecule has 1 saturated carbocycles. The topological polar surface area (TPSA) is 15.3 Å². The van der Waals surface area contributed by atoms with E-state index in [4.69, 9.17) is 0 Å². The first-order valence-electron chi connectivity index (χ1n) is 6.21. The van der Waals surface area contributed by atoms with Crippen molar-refractivity contribution in [2.24, 2.45) is 0 Å². The molecule has 2 nitrogen and oxygen atoms in total. The molecule has 1 aliphatic carbocycles. The lowest BCUT2D eigenvalue weighted by molar-refractivity contribution is 0.399.